The van der Waals surface area contributed by atoms with Crippen LogP contribution in [0.25, 0.3) is 0 Å². The monoisotopic (exact) mass is 343 g/mol. The van der Waals surface area contributed by atoms with Gasteiger partial charge >= 0.3 is 12.1 Å². The summed E-state index contributed by atoms with van der Waals surface area (Å²) in [5, 5.41) is 4.56. The molecule has 1 rings (SSSR count). The summed E-state index contributed by atoms with van der Waals surface area (Å²) in [4.78, 5) is 23.9. The molecule has 1 unspecified atom stereocenters. The van der Waals surface area contributed by atoms with E-state index < -0.39 is 17.7 Å². The highest BCUT2D eigenvalue weighted by Crippen LogP contribution is 2.25. The van der Waals surface area contributed by atoms with Crippen molar-refractivity contribution in [2.24, 2.45) is 0 Å². The molecule has 0 radical (unpaired) electrons. The van der Waals surface area contributed by atoms with Crippen LogP contribution in [0.2, 0.25) is 0 Å². The maximum Gasteiger partial charge on any atom is 0.407 e. The number of hydrogen-bond acceptors (Lipinski definition) is 6. The van der Waals surface area contributed by atoms with E-state index in [9.17, 15) is 9.59 Å². The molecule has 0 spiro atoms. The third-order valence-corrected chi connectivity index (χ3v) is 3.67. The molecule has 1 amide bonds. The lowest BCUT2D eigenvalue weighted by Crippen LogP contribution is -2.42. The summed E-state index contributed by atoms with van der Waals surface area (Å²) in [5.74, 6) is 0.0380. The van der Waals surface area contributed by atoms with Gasteiger partial charge in [0.25, 0.3) is 0 Å². The Bertz CT molecular complexity index is 521. The van der Waals surface area contributed by atoms with Gasteiger partial charge in [0.05, 0.1) is 13.2 Å². The number of carbonyl (C=O) groups is 2. The van der Waals surface area contributed by atoms with Crippen LogP contribution < -0.4 is 10.1 Å². The predicted octanol–water partition coefficient (Wildman–Crippen LogP) is 3.61. The van der Waals surface area contributed by atoms with Gasteiger partial charge in [0.15, 0.2) is 4.88 Å². The Kier molecular flexibility index (Phi) is 7.35. The zero-order chi connectivity index (χ0) is 17.5. The molecule has 0 saturated heterocycles. The standard InChI is InChI=1S/C16H25NO5S/c1-6-7-11(17-15(19)22-16(2,3)4)10-21-12-8-9-23-13(12)14(18)20-5/h8-9,11H,6-7,10H2,1-5H3,(H,17,19). The number of methoxy groups -OCH3 is 1. The van der Waals surface area contributed by atoms with Crippen molar-refractivity contribution < 1.29 is 23.8 Å². The van der Waals surface area contributed by atoms with Gasteiger partial charge in [0.1, 0.15) is 18.0 Å². The molecule has 1 atom stereocenters. The van der Waals surface area contributed by atoms with Crippen LogP contribution in [0.15, 0.2) is 11.4 Å². The van der Waals surface area contributed by atoms with Crippen molar-refractivity contribution in [2.75, 3.05) is 13.7 Å². The first-order valence-electron chi connectivity index (χ1n) is 7.55. The van der Waals surface area contributed by atoms with Crippen LogP contribution in [0, 0.1) is 0 Å². The van der Waals surface area contributed by atoms with Crippen molar-refractivity contribution in [2.45, 2.75) is 52.2 Å². The van der Waals surface area contributed by atoms with E-state index in [-0.39, 0.29) is 12.6 Å². The fourth-order valence-corrected chi connectivity index (χ4v) is 2.61. The molecule has 0 aliphatic heterocycles. The SMILES string of the molecule is CCCC(COc1ccsc1C(=O)OC)NC(=O)OC(C)(C)C. The van der Waals surface area contributed by atoms with Crippen LogP contribution in [0.3, 0.4) is 0 Å². The Morgan fingerprint density at radius 2 is 2.04 bits per heavy atom. The summed E-state index contributed by atoms with van der Waals surface area (Å²) in [6, 6.07) is 1.52. The highest BCUT2D eigenvalue weighted by atomic mass is 32.1. The van der Waals surface area contributed by atoms with E-state index >= 15 is 0 Å². The summed E-state index contributed by atoms with van der Waals surface area (Å²) in [6.07, 6.45) is 1.16. The Morgan fingerprint density at radius 1 is 1.35 bits per heavy atom. The molecule has 0 saturated carbocycles. The van der Waals surface area contributed by atoms with Crippen molar-refractivity contribution in [3.8, 4) is 5.75 Å². The van der Waals surface area contributed by atoms with Gasteiger partial charge in [0, 0.05) is 0 Å². The molecule has 130 valence electrons. The number of carbonyl (C=O) groups excluding carboxylic acids is 2. The van der Waals surface area contributed by atoms with Crippen molar-refractivity contribution in [3.63, 3.8) is 0 Å². The van der Waals surface area contributed by atoms with Gasteiger partial charge in [-0.25, -0.2) is 9.59 Å². The van der Waals surface area contributed by atoms with E-state index in [2.05, 4.69) is 5.32 Å². The second-order valence-electron chi connectivity index (χ2n) is 6.05. The quantitative estimate of drug-likeness (QED) is 0.766. The van der Waals surface area contributed by atoms with Crippen molar-refractivity contribution in [3.05, 3.63) is 16.3 Å². The smallest absolute Gasteiger partial charge is 0.407 e. The number of ether oxygens (including phenoxy) is 3. The molecule has 0 bridgehead atoms. The molecule has 1 N–H and O–H groups in total. The summed E-state index contributed by atoms with van der Waals surface area (Å²) in [5.41, 5.74) is -0.548. The summed E-state index contributed by atoms with van der Waals surface area (Å²) in [6.45, 7) is 7.71. The lowest BCUT2D eigenvalue weighted by Gasteiger charge is -2.23. The number of amides is 1. The zero-order valence-electron chi connectivity index (χ0n) is 14.3. The van der Waals surface area contributed by atoms with Crippen LogP contribution in [0.1, 0.15) is 50.2 Å². The van der Waals surface area contributed by atoms with Crippen LogP contribution in [0.4, 0.5) is 4.79 Å². The van der Waals surface area contributed by atoms with Crippen LogP contribution >= 0.6 is 11.3 Å². The number of nitrogens with one attached hydrogen (secondary N) is 1. The third kappa shape index (κ3) is 6.90. The van der Waals surface area contributed by atoms with E-state index in [1.165, 1.54) is 18.4 Å². The fourth-order valence-electron chi connectivity index (χ4n) is 1.86. The number of rotatable bonds is 7. The van der Waals surface area contributed by atoms with Crippen LogP contribution in [-0.2, 0) is 9.47 Å². The van der Waals surface area contributed by atoms with Gasteiger partial charge in [-0.15, -0.1) is 11.3 Å². The van der Waals surface area contributed by atoms with E-state index in [1.54, 1.807) is 11.4 Å². The molecule has 0 fully saturated rings. The highest BCUT2D eigenvalue weighted by Gasteiger charge is 2.21. The average molecular weight is 343 g/mol. The first-order valence-corrected chi connectivity index (χ1v) is 8.43. The second-order valence-corrected chi connectivity index (χ2v) is 6.96. The van der Waals surface area contributed by atoms with E-state index in [0.29, 0.717) is 10.6 Å². The predicted molar refractivity (Wildman–Crippen MR) is 89.2 cm³/mol. The number of alkyl carbamates (subject to hydrolysis) is 1. The average Bonchev–Trinajstić information content (AvgIpc) is 2.90. The minimum Gasteiger partial charge on any atom is -0.490 e. The number of hydrogen-bond donors (Lipinski definition) is 1. The molecule has 0 aliphatic rings. The molecule has 23 heavy (non-hydrogen) atoms. The summed E-state index contributed by atoms with van der Waals surface area (Å²) in [7, 11) is 1.33. The number of esters is 1. The van der Waals surface area contributed by atoms with Crippen LogP contribution in [0.5, 0.6) is 5.75 Å². The maximum absolute atomic E-state index is 11.9. The second kappa shape index (κ2) is 8.76. The fraction of sp³-hybridized carbons (Fsp3) is 0.625. The third-order valence-electron chi connectivity index (χ3n) is 2.80. The van der Waals surface area contributed by atoms with E-state index in [1.807, 2.05) is 27.7 Å². The summed E-state index contributed by atoms with van der Waals surface area (Å²) < 4.78 is 15.6. The van der Waals surface area contributed by atoms with Gasteiger partial charge in [-0.05, 0) is 38.6 Å². The Labute approximate surface area is 141 Å². The molecule has 0 aliphatic carbocycles. The van der Waals surface area contributed by atoms with Gasteiger partial charge in [-0.3, -0.25) is 0 Å². The molecule has 0 aromatic carbocycles. The van der Waals surface area contributed by atoms with Gasteiger partial charge < -0.3 is 19.5 Å². The normalized spacial score (nSPS) is 12.4. The molecular weight excluding hydrogens is 318 g/mol. The zero-order valence-corrected chi connectivity index (χ0v) is 15.1. The van der Waals surface area contributed by atoms with Crippen molar-refractivity contribution in [1.82, 2.24) is 5.32 Å². The first kappa shape index (κ1) is 19.3. The largest absolute Gasteiger partial charge is 0.490 e. The Hall–Kier alpha value is -1.76. The van der Waals surface area contributed by atoms with E-state index in [4.69, 9.17) is 14.2 Å². The van der Waals surface area contributed by atoms with Crippen molar-refractivity contribution >= 4 is 23.4 Å². The lowest BCUT2D eigenvalue weighted by atomic mass is 10.2. The molecule has 1 heterocycles. The molecule has 6 nitrogen and oxygen atoms in total. The first-order chi connectivity index (χ1) is 10.8. The maximum atomic E-state index is 11.9. The van der Waals surface area contributed by atoms with Gasteiger partial charge in [-0.2, -0.15) is 0 Å². The molecule has 1 aromatic heterocycles. The summed E-state index contributed by atoms with van der Waals surface area (Å²) >= 11 is 1.26. The van der Waals surface area contributed by atoms with Gasteiger partial charge in [0.2, 0.25) is 0 Å². The molecule has 7 heteroatoms. The molecular formula is C16H25NO5S. The molecule has 1 aromatic rings. The minimum atomic E-state index is -0.548. The number of thiophene rings is 1. The topological polar surface area (TPSA) is 73.9 Å². The minimum absolute atomic E-state index is 0.194. The Balaban J connectivity index is 2.62. The van der Waals surface area contributed by atoms with Crippen LogP contribution in [-0.4, -0.2) is 37.4 Å². The van der Waals surface area contributed by atoms with E-state index in [0.717, 1.165) is 12.8 Å². The lowest BCUT2D eigenvalue weighted by molar-refractivity contribution is 0.0480. The Morgan fingerprint density at radius 3 is 2.61 bits per heavy atom. The van der Waals surface area contributed by atoms with Crippen molar-refractivity contribution in [1.29, 1.82) is 0 Å². The van der Waals surface area contributed by atoms with Gasteiger partial charge in [-0.1, -0.05) is 13.3 Å². The highest BCUT2D eigenvalue weighted by molar-refractivity contribution is 7.12.